The van der Waals surface area contributed by atoms with Gasteiger partial charge >= 0.3 is 0 Å². The zero-order chi connectivity index (χ0) is 16.9. The molecule has 1 amide bonds. The number of nitrogens with two attached hydrogens (primary N) is 1. The van der Waals surface area contributed by atoms with E-state index in [0.717, 1.165) is 25.5 Å². The Hall–Kier alpha value is -1.31. The second-order valence-electron chi connectivity index (χ2n) is 6.18. The Morgan fingerprint density at radius 2 is 1.96 bits per heavy atom. The lowest BCUT2D eigenvalue weighted by Crippen LogP contribution is -2.52. The van der Waals surface area contributed by atoms with Crippen LogP contribution in [-0.2, 0) is 14.6 Å². The van der Waals surface area contributed by atoms with E-state index in [-0.39, 0.29) is 30.7 Å². The fourth-order valence-electron chi connectivity index (χ4n) is 2.64. The Bertz CT molecular complexity index is 658. The van der Waals surface area contributed by atoms with E-state index >= 15 is 0 Å². The van der Waals surface area contributed by atoms with Crippen LogP contribution in [0.25, 0.3) is 0 Å². The molecule has 0 aromatic heterocycles. The maximum absolute atomic E-state index is 12.4. The van der Waals surface area contributed by atoms with Crippen molar-refractivity contribution >= 4 is 33.8 Å². The number of sulfone groups is 1. The van der Waals surface area contributed by atoms with E-state index in [9.17, 15) is 13.2 Å². The van der Waals surface area contributed by atoms with Crippen LogP contribution in [0.5, 0.6) is 5.75 Å². The van der Waals surface area contributed by atoms with E-state index in [1.165, 1.54) is 0 Å². The molecule has 1 aliphatic carbocycles. The predicted molar refractivity (Wildman–Crippen MR) is 97.5 cm³/mol. The molecule has 3 N–H and O–H groups in total. The van der Waals surface area contributed by atoms with Gasteiger partial charge in [-0.05, 0) is 25.0 Å². The molecule has 1 aromatic carbocycles. The molecular weight excluding hydrogens is 352 g/mol. The van der Waals surface area contributed by atoms with Gasteiger partial charge in [0.25, 0.3) is 0 Å². The van der Waals surface area contributed by atoms with Gasteiger partial charge in [0.05, 0.1) is 11.3 Å². The first-order valence-electron chi connectivity index (χ1n) is 7.79. The topological polar surface area (TPSA) is 98.5 Å². The third-order valence-electron chi connectivity index (χ3n) is 4.01. The van der Waals surface area contributed by atoms with Crippen molar-refractivity contribution in [1.82, 2.24) is 0 Å². The number of amides is 1. The number of nitrogens with one attached hydrogen (secondary N) is 1. The smallest absolute Gasteiger partial charge is 0.244 e. The van der Waals surface area contributed by atoms with E-state index in [0.29, 0.717) is 24.3 Å². The average Bonchev–Trinajstić information content (AvgIpc) is 2.47. The van der Waals surface area contributed by atoms with Gasteiger partial charge in [0.2, 0.25) is 5.91 Å². The Morgan fingerprint density at radius 1 is 1.29 bits per heavy atom. The molecule has 0 heterocycles. The first-order chi connectivity index (χ1) is 10.8. The summed E-state index contributed by atoms with van der Waals surface area (Å²) >= 11 is 0. The SMILES string of the molecule is CS(=O)(=O)CCOc1cccc(NC(=O)C2(N)CCCCC2)c1.Cl. The molecule has 0 unspecified atom stereocenters. The van der Waals surface area contributed by atoms with E-state index in [1.807, 2.05) is 0 Å². The molecule has 2 rings (SSSR count). The summed E-state index contributed by atoms with van der Waals surface area (Å²) < 4.78 is 27.6. The van der Waals surface area contributed by atoms with Crippen LogP contribution in [0.2, 0.25) is 0 Å². The van der Waals surface area contributed by atoms with Crippen molar-refractivity contribution in [2.75, 3.05) is 23.9 Å². The van der Waals surface area contributed by atoms with Gasteiger partial charge in [0.1, 0.15) is 12.4 Å². The molecule has 0 saturated heterocycles. The zero-order valence-corrected chi connectivity index (χ0v) is 15.4. The number of ether oxygens (including phenoxy) is 1. The quantitative estimate of drug-likeness (QED) is 0.792. The second kappa shape index (κ2) is 8.69. The largest absolute Gasteiger partial charge is 0.492 e. The molecule has 0 radical (unpaired) electrons. The number of halogens is 1. The highest BCUT2D eigenvalue weighted by molar-refractivity contribution is 7.90. The highest BCUT2D eigenvalue weighted by atomic mass is 35.5. The summed E-state index contributed by atoms with van der Waals surface area (Å²) in [5.41, 5.74) is 6.01. The lowest BCUT2D eigenvalue weighted by atomic mass is 9.82. The van der Waals surface area contributed by atoms with Gasteiger partial charge in [0.15, 0.2) is 9.84 Å². The summed E-state index contributed by atoms with van der Waals surface area (Å²) in [7, 11) is -3.06. The van der Waals surface area contributed by atoms with Crippen molar-refractivity contribution in [2.45, 2.75) is 37.6 Å². The van der Waals surface area contributed by atoms with Crippen molar-refractivity contribution in [1.29, 1.82) is 0 Å². The van der Waals surface area contributed by atoms with Crippen molar-refractivity contribution in [3.05, 3.63) is 24.3 Å². The molecule has 1 saturated carbocycles. The molecule has 6 nitrogen and oxygen atoms in total. The van der Waals surface area contributed by atoms with Gasteiger partial charge in [-0.2, -0.15) is 0 Å². The van der Waals surface area contributed by atoms with Gasteiger partial charge < -0.3 is 15.8 Å². The minimum atomic E-state index is -3.06. The summed E-state index contributed by atoms with van der Waals surface area (Å²) in [4.78, 5) is 12.4. The molecule has 0 spiro atoms. The Morgan fingerprint density at radius 3 is 2.58 bits per heavy atom. The molecule has 1 aromatic rings. The van der Waals surface area contributed by atoms with Gasteiger partial charge in [0, 0.05) is 18.0 Å². The van der Waals surface area contributed by atoms with Crippen LogP contribution in [0, 0.1) is 0 Å². The van der Waals surface area contributed by atoms with Crippen molar-refractivity contribution in [3.63, 3.8) is 0 Å². The molecular formula is C16H25ClN2O4S. The molecule has 8 heteroatoms. The van der Waals surface area contributed by atoms with Gasteiger partial charge in [-0.1, -0.05) is 25.3 Å². The van der Waals surface area contributed by atoms with Crippen LogP contribution in [-0.4, -0.2) is 38.5 Å². The van der Waals surface area contributed by atoms with E-state index in [2.05, 4.69) is 5.32 Å². The lowest BCUT2D eigenvalue weighted by Gasteiger charge is -2.31. The first kappa shape index (κ1) is 20.7. The average molecular weight is 377 g/mol. The van der Waals surface area contributed by atoms with Crippen LogP contribution in [0.1, 0.15) is 32.1 Å². The first-order valence-corrected chi connectivity index (χ1v) is 9.85. The number of carbonyl (C=O) groups excluding carboxylic acids is 1. The fourth-order valence-corrected chi connectivity index (χ4v) is 3.03. The minimum Gasteiger partial charge on any atom is -0.492 e. The van der Waals surface area contributed by atoms with E-state index in [4.69, 9.17) is 10.5 Å². The highest BCUT2D eigenvalue weighted by Crippen LogP contribution is 2.27. The van der Waals surface area contributed by atoms with Gasteiger partial charge in [-0.15, -0.1) is 12.4 Å². The van der Waals surface area contributed by atoms with Crippen molar-refractivity contribution < 1.29 is 17.9 Å². The summed E-state index contributed by atoms with van der Waals surface area (Å²) in [5.74, 6) is 0.293. The summed E-state index contributed by atoms with van der Waals surface area (Å²) in [6.07, 6.45) is 5.62. The number of anilines is 1. The minimum absolute atomic E-state index is 0. The van der Waals surface area contributed by atoms with Crippen LogP contribution >= 0.6 is 12.4 Å². The normalized spacial score (nSPS) is 16.8. The molecule has 0 aliphatic heterocycles. The molecule has 1 aliphatic rings. The number of hydrogen-bond donors (Lipinski definition) is 2. The van der Waals surface area contributed by atoms with Crippen LogP contribution in [0.4, 0.5) is 5.69 Å². The number of rotatable bonds is 6. The Balaban J connectivity index is 0.00000288. The van der Waals surface area contributed by atoms with Crippen LogP contribution in [0.3, 0.4) is 0 Å². The second-order valence-corrected chi connectivity index (χ2v) is 8.44. The standard InChI is InChI=1S/C16H24N2O4S.ClH/c1-23(20,21)11-10-22-14-7-5-6-13(12-14)18-15(19)16(17)8-3-2-4-9-16;/h5-7,12H,2-4,8-11,17H2,1H3,(H,18,19);1H. The Labute approximate surface area is 149 Å². The number of hydrogen-bond acceptors (Lipinski definition) is 5. The monoisotopic (exact) mass is 376 g/mol. The van der Waals surface area contributed by atoms with Gasteiger partial charge in [-0.25, -0.2) is 8.42 Å². The van der Waals surface area contributed by atoms with Crippen molar-refractivity contribution in [2.24, 2.45) is 5.73 Å². The lowest BCUT2D eigenvalue weighted by molar-refractivity contribution is -0.122. The third kappa shape index (κ3) is 6.30. The Kier molecular flexibility index (Phi) is 7.51. The van der Waals surface area contributed by atoms with Crippen LogP contribution in [0.15, 0.2) is 24.3 Å². The summed E-state index contributed by atoms with van der Waals surface area (Å²) in [6, 6.07) is 6.89. The van der Waals surface area contributed by atoms with E-state index < -0.39 is 15.4 Å². The van der Waals surface area contributed by atoms with Crippen LogP contribution < -0.4 is 15.8 Å². The van der Waals surface area contributed by atoms with Gasteiger partial charge in [-0.3, -0.25) is 4.79 Å². The maximum Gasteiger partial charge on any atom is 0.244 e. The molecule has 0 atom stereocenters. The maximum atomic E-state index is 12.4. The summed E-state index contributed by atoms with van der Waals surface area (Å²) in [5, 5.41) is 2.84. The summed E-state index contributed by atoms with van der Waals surface area (Å²) in [6.45, 7) is 0.0804. The highest BCUT2D eigenvalue weighted by Gasteiger charge is 2.35. The molecule has 1 fully saturated rings. The predicted octanol–water partition coefficient (Wildman–Crippen LogP) is 2.13. The third-order valence-corrected chi connectivity index (χ3v) is 4.92. The van der Waals surface area contributed by atoms with Crippen molar-refractivity contribution in [3.8, 4) is 5.75 Å². The fraction of sp³-hybridized carbons (Fsp3) is 0.562. The number of benzene rings is 1. The molecule has 24 heavy (non-hydrogen) atoms. The zero-order valence-electron chi connectivity index (χ0n) is 13.8. The molecule has 0 bridgehead atoms. The number of carbonyl (C=O) groups is 1. The molecule has 136 valence electrons. The van der Waals surface area contributed by atoms with E-state index in [1.54, 1.807) is 24.3 Å².